The van der Waals surface area contributed by atoms with Gasteiger partial charge in [-0.1, -0.05) is 121 Å². The van der Waals surface area contributed by atoms with Crippen molar-refractivity contribution in [2.24, 2.45) is 0 Å². The molecular weight excluding hydrogens is 569 g/mol. The fraction of sp³-hybridized carbons (Fsp3) is 0. The molecule has 1 aromatic heterocycles. The van der Waals surface area contributed by atoms with E-state index in [1.54, 1.807) is 0 Å². The van der Waals surface area contributed by atoms with Crippen LogP contribution in [0.15, 0.2) is 155 Å². The van der Waals surface area contributed by atoms with Crippen LogP contribution < -0.4 is 0 Å². The van der Waals surface area contributed by atoms with Crippen LogP contribution in [-0.4, -0.2) is 0 Å². The standard InChI is InChI=1S/C42H24S2/c1-3-8-27-20-29(14-12-25(27)6-1)31-16-18-33-36-24-40-41(35-10-5-11-37(42(35)36)43-38(33)22-31)34-19-17-32(23-39(34)44-40)30-15-13-26-7-2-4-9-28(26)21-30/h1-24H. The van der Waals surface area contributed by atoms with Crippen molar-refractivity contribution in [2.75, 3.05) is 0 Å². The summed E-state index contributed by atoms with van der Waals surface area (Å²) in [6.45, 7) is 0. The molecule has 0 aliphatic carbocycles. The Morgan fingerprint density at radius 3 is 1.73 bits per heavy atom. The number of fused-ring (bicyclic) bond motifs is 8. The molecule has 2 heteroatoms. The van der Waals surface area contributed by atoms with Crippen LogP contribution in [0.1, 0.15) is 0 Å². The van der Waals surface area contributed by atoms with E-state index in [4.69, 9.17) is 0 Å². The highest BCUT2D eigenvalue weighted by Crippen LogP contribution is 2.52. The molecule has 0 radical (unpaired) electrons. The molecule has 0 saturated carbocycles. The lowest BCUT2D eigenvalue weighted by Crippen LogP contribution is -1.94. The highest BCUT2D eigenvalue weighted by atomic mass is 32.2. The van der Waals surface area contributed by atoms with Crippen LogP contribution in [0.3, 0.4) is 0 Å². The van der Waals surface area contributed by atoms with Gasteiger partial charge in [0, 0.05) is 35.3 Å². The largest absolute Gasteiger partial charge is 0.135 e. The Hall–Kier alpha value is -4.89. The van der Waals surface area contributed by atoms with E-state index in [9.17, 15) is 0 Å². The van der Waals surface area contributed by atoms with Gasteiger partial charge in [0.1, 0.15) is 0 Å². The molecule has 0 spiro atoms. The highest BCUT2D eigenvalue weighted by Gasteiger charge is 2.23. The molecule has 0 fully saturated rings. The Labute approximate surface area is 263 Å². The fourth-order valence-corrected chi connectivity index (χ4v) is 9.44. The minimum absolute atomic E-state index is 1.26. The lowest BCUT2D eigenvalue weighted by molar-refractivity contribution is 1.40. The van der Waals surface area contributed by atoms with Crippen LogP contribution in [0.2, 0.25) is 0 Å². The summed E-state index contributed by atoms with van der Waals surface area (Å²) in [4.78, 5) is 2.67. The molecule has 44 heavy (non-hydrogen) atoms. The van der Waals surface area contributed by atoms with Crippen molar-refractivity contribution < 1.29 is 0 Å². The van der Waals surface area contributed by atoms with Gasteiger partial charge in [-0.15, -0.1) is 11.3 Å². The minimum atomic E-state index is 1.26. The first-order valence-corrected chi connectivity index (χ1v) is 16.6. The molecule has 0 N–H and O–H groups in total. The molecule has 0 saturated heterocycles. The monoisotopic (exact) mass is 592 g/mol. The Morgan fingerprint density at radius 2 is 0.977 bits per heavy atom. The van der Waals surface area contributed by atoms with Crippen LogP contribution in [0.4, 0.5) is 0 Å². The van der Waals surface area contributed by atoms with Gasteiger partial charge >= 0.3 is 0 Å². The fourth-order valence-electron chi connectivity index (χ4n) is 7.06. The van der Waals surface area contributed by atoms with Gasteiger partial charge in [-0.25, -0.2) is 0 Å². The van der Waals surface area contributed by atoms with Crippen molar-refractivity contribution in [3.8, 4) is 33.4 Å². The Kier molecular flexibility index (Phi) is 5.19. The van der Waals surface area contributed by atoms with Crippen LogP contribution in [-0.2, 0) is 0 Å². The van der Waals surface area contributed by atoms with E-state index in [-0.39, 0.29) is 0 Å². The Balaban J connectivity index is 1.14. The molecule has 0 amide bonds. The summed E-state index contributed by atoms with van der Waals surface area (Å²) in [5.74, 6) is 0. The molecule has 9 aromatic rings. The molecule has 10 rings (SSSR count). The van der Waals surface area contributed by atoms with Crippen LogP contribution in [0.5, 0.6) is 0 Å². The molecule has 1 aliphatic rings. The van der Waals surface area contributed by atoms with Gasteiger partial charge in [-0.2, -0.15) is 0 Å². The third-order valence-electron chi connectivity index (χ3n) is 9.21. The second kappa shape index (κ2) is 9.30. The molecule has 0 atom stereocenters. The van der Waals surface area contributed by atoms with Gasteiger partial charge in [0.2, 0.25) is 0 Å². The van der Waals surface area contributed by atoms with E-state index in [0.29, 0.717) is 0 Å². The Morgan fingerprint density at radius 1 is 0.341 bits per heavy atom. The predicted molar refractivity (Wildman–Crippen MR) is 192 cm³/mol. The van der Waals surface area contributed by atoms with E-state index in [0.717, 1.165) is 0 Å². The maximum Gasteiger partial charge on any atom is 0.0368 e. The van der Waals surface area contributed by atoms with E-state index in [1.165, 1.54) is 95.7 Å². The molecular formula is C42H24S2. The summed E-state index contributed by atoms with van der Waals surface area (Å²) in [5.41, 5.74) is 7.75. The summed E-state index contributed by atoms with van der Waals surface area (Å²) >= 11 is 3.83. The van der Waals surface area contributed by atoms with Crippen molar-refractivity contribution >= 4 is 75.6 Å². The van der Waals surface area contributed by atoms with Gasteiger partial charge < -0.3 is 0 Å². The maximum atomic E-state index is 2.45. The summed E-state index contributed by atoms with van der Waals surface area (Å²) in [6.07, 6.45) is 0. The zero-order valence-corrected chi connectivity index (χ0v) is 25.3. The molecule has 0 unspecified atom stereocenters. The van der Waals surface area contributed by atoms with Crippen LogP contribution in [0.25, 0.3) is 85.9 Å². The minimum Gasteiger partial charge on any atom is -0.135 e. The molecule has 2 heterocycles. The first-order chi connectivity index (χ1) is 21.8. The third kappa shape index (κ3) is 3.65. The SMILES string of the molecule is c1ccc2cc(-c3ccc4c(c3)Sc3cccc5c3c-4cc3sc4cc(-c6ccc7ccccc7c6)ccc4c35)ccc2c1. The van der Waals surface area contributed by atoms with E-state index >= 15 is 0 Å². The summed E-state index contributed by atoms with van der Waals surface area (Å²) in [6, 6.07) is 54.1. The van der Waals surface area contributed by atoms with E-state index < -0.39 is 0 Å². The van der Waals surface area contributed by atoms with Crippen molar-refractivity contribution in [1.82, 2.24) is 0 Å². The van der Waals surface area contributed by atoms with Gasteiger partial charge in [-0.3, -0.25) is 0 Å². The lowest BCUT2D eigenvalue weighted by atomic mass is 9.92. The van der Waals surface area contributed by atoms with Crippen molar-refractivity contribution in [3.63, 3.8) is 0 Å². The van der Waals surface area contributed by atoms with Crippen molar-refractivity contribution in [1.29, 1.82) is 0 Å². The number of hydrogen-bond donors (Lipinski definition) is 0. The van der Waals surface area contributed by atoms with Crippen molar-refractivity contribution in [2.45, 2.75) is 9.79 Å². The average Bonchev–Trinajstić information content (AvgIpc) is 3.45. The second-order valence-corrected chi connectivity index (χ2v) is 13.9. The zero-order valence-electron chi connectivity index (χ0n) is 23.7. The second-order valence-electron chi connectivity index (χ2n) is 11.7. The van der Waals surface area contributed by atoms with Gasteiger partial charge in [0.05, 0.1) is 0 Å². The normalized spacial score (nSPS) is 12.5. The first kappa shape index (κ1) is 24.5. The van der Waals surface area contributed by atoms with Gasteiger partial charge in [0.25, 0.3) is 0 Å². The topological polar surface area (TPSA) is 0 Å². The lowest BCUT2D eigenvalue weighted by Gasteiger charge is -2.22. The third-order valence-corrected chi connectivity index (χ3v) is 11.4. The molecule has 0 nitrogen and oxygen atoms in total. The Bertz CT molecular complexity index is 2640. The van der Waals surface area contributed by atoms with Crippen LogP contribution in [0, 0.1) is 0 Å². The van der Waals surface area contributed by atoms with E-state index in [1.807, 2.05) is 23.1 Å². The average molecular weight is 593 g/mol. The number of thiophene rings is 1. The molecule has 8 aromatic carbocycles. The zero-order chi connectivity index (χ0) is 28.8. The molecule has 204 valence electrons. The van der Waals surface area contributed by atoms with Gasteiger partial charge in [-0.05, 0) is 96.7 Å². The quantitative estimate of drug-likeness (QED) is 0.192. The van der Waals surface area contributed by atoms with E-state index in [2.05, 4.69) is 146 Å². The highest BCUT2D eigenvalue weighted by molar-refractivity contribution is 7.99. The van der Waals surface area contributed by atoms with Gasteiger partial charge in [0.15, 0.2) is 0 Å². The summed E-state index contributed by atoms with van der Waals surface area (Å²) in [5, 5.41) is 10.6. The summed E-state index contributed by atoms with van der Waals surface area (Å²) in [7, 11) is 0. The van der Waals surface area contributed by atoms with Crippen LogP contribution >= 0.6 is 23.1 Å². The number of hydrogen-bond acceptors (Lipinski definition) is 2. The summed E-state index contributed by atoms with van der Waals surface area (Å²) < 4.78 is 2.69. The van der Waals surface area contributed by atoms with Crippen molar-refractivity contribution in [3.05, 3.63) is 146 Å². The number of rotatable bonds is 2. The molecule has 1 aliphatic heterocycles. The maximum absolute atomic E-state index is 2.45. The number of benzene rings is 8. The first-order valence-electron chi connectivity index (χ1n) is 15.0. The smallest absolute Gasteiger partial charge is 0.0368 e. The molecule has 0 bridgehead atoms. The predicted octanol–water partition coefficient (Wildman–Crippen LogP) is 13.0.